The minimum atomic E-state index is 0. The molecule has 0 bridgehead atoms. The average molecular weight is 439 g/mol. The number of para-hydroxylation sites is 3. The Morgan fingerprint density at radius 2 is 0.889 bits per heavy atom. The molecule has 1 aliphatic rings. The fraction of sp³-hybridized carbons (Fsp3) is 0.0435. The Balaban J connectivity index is 0.000000332. The molecule has 3 N–H and O–H groups in total. The van der Waals surface area contributed by atoms with E-state index in [9.17, 15) is 0 Å². The van der Waals surface area contributed by atoms with E-state index in [-0.39, 0.29) is 26.2 Å². The van der Waals surface area contributed by atoms with Crippen molar-refractivity contribution < 1.29 is 41.5 Å². The van der Waals surface area contributed by atoms with Crippen molar-refractivity contribution in [3.63, 3.8) is 0 Å². The zero-order valence-electron chi connectivity index (χ0n) is 14.9. The third-order valence-corrected chi connectivity index (χ3v) is 2.85. The maximum Gasteiger partial charge on any atom is 0.115 e. The van der Waals surface area contributed by atoms with Crippen molar-refractivity contribution in [1.29, 1.82) is 0 Å². The van der Waals surface area contributed by atoms with Crippen LogP contribution in [-0.4, -0.2) is 15.3 Å². The predicted octanol–water partition coefficient (Wildman–Crippen LogP) is 5.48. The maximum absolute atomic E-state index is 8.63. The van der Waals surface area contributed by atoms with Gasteiger partial charge in [-0.1, -0.05) is 54.6 Å². The Kier molecular flexibility index (Phi) is 15.3. The second kappa shape index (κ2) is 16.9. The zero-order valence-corrected chi connectivity index (χ0v) is 17.4. The van der Waals surface area contributed by atoms with Crippen LogP contribution in [0.25, 0.3) is 0 Å². The van der Waals surface area contributed by atoms with Gasteiger partial charge in [0.25, 0.3) is 0 Å². The third-order valence-electron chi connectivity index (χ3n) is 2.85. The summed E-state index contributed by atoms with van der Waals surface area (Å²) in [5, 5.41) is 25.9. The van der Waals surface area contributed by atoms with Gasteiger partial charge in [0, 0.05) is 26.2 Å². The van der Waals surface area contributed by atoms with Gasteiger partial charge in [0.15, 0.2) is 0 Å². The second-order valence-electron chi connectivity index (χ2n) is 5.01. The third kappa shape index (κ3) is 15.4. The first-order chi connectivity index (χ1) is 12.7. The Morgan fingerprint density at radius 1 is 0.556 bits per heavy atom. The number of phenolic OH excluding ortho intramolecular Hbond substituents is 3. The number of phenols is 3. The summed E-state index contributed by atoms with van der Waals surface area (Å²) in [6, 6.07) is 26.1. The van der Waals surface area contributed by atoms with Crippen LogP contribution in [0.1, 0.15) is 6.42 Å². The van der Waals surface area contributed by atoms with Crippen LogP contribution in [0.5, 0.6) is 17.2 Å². The first-order valence-corrected chi connectivity index (χ1v) is 8.12. The molecule has 3 aromatic rings. The van der Waals surface area contributed by atoms with Gasteiger partial charge in [-0.15, -0.1) is 6.42 Å². The van der Waals surface area contributed by atoms with Crippen molar-refractivity contribution in [3.8, 4) is 17.2 Å². The van der Waals surface area contributed by atoms with E-state index in [0.29, 0.717) is 17.2 Å². The smallest absolute Gasteiger partial charge is 0.115 e. The minimum absolute atomic E-state index is 0. The SMILES string of the molecule is Oc1ccccc1.Oc1ccccc1.Oc1ccccc1.[C-]1=CC=CC1.[Zr]. The molecule has 27 heavy (non-hydrogen) atoms. The van der Waals surface area contributed by atoms with E-state index in [2.05, 4.69) is 12.2 Å². The van der Waals surface area contributed by atoms with Crippen LogP contribution in [0.3, 0.4) is 0 Å². The minimum Gasteiger partial charge on any atom is -0.508 e. The second-order valence-corrected chi connectivity index (χ2v) is 5.01. The molecule has 4 heteroatoms. The molecule has 0 aromatic heterocycles. The van der Waals surface area contributed by atoms with Gasteiger partial charge in [-0.3, -0.25) is 6.08 Å². The summed E-state index contributed by atoms with van der Waals surface area (Å²) in [4.78, 5) is 0. The van der Waals surface area contributed by atoms with Crippen molar-refractivity contribution in [3.05, 3.63) is 115 Å². The molecule has 3 nitrogen and oxygen atoms in total. The van der Waals surface area contributed by atoms with Gasteiger partial charge in [-0.2, -0.15) is 6.08 Å². The van der Waals surface area contributed by atoms with Gasteiger partial charge >= 0.3 is 0 Å². The summed E-state index contributed by atoms with van der Waals surface area (Å²) in [6.45, 7) is 0. The molecule has 138 valence electrons. The molecular formula is C23H23O3Zr-. The summed E-state index contributed by atoms with van der Waals surface area (Å²) in [5.41, 5.74) is 0. The van der Waals surface area contributed by atoms with Crippen LogP contribution in [0.15, 0.2) is 109 Å². The maximum atomic E-state index is 8.63. The van der Waals surface area contributed by atoms with Gasteiger partial charge in [0.2, 0.25) is 0 Å². The molecule has 4 rings (SSSR count). The standard InChI is InChI=1S/3C6H6O.C5H5.Zr/c3*7-6-4-2-1-3-5-6;1-2-4-5-3-1;/h3*1-5,7H;1-3H,4H2;/q;;;-1;. The Hall–Kier alpha value is -2.58. The molecule has 0 amide bonds. The van der Waals surface area contributed by atoms with Crippen LogP contribution in [-0.2, 0) is 26.2 Å². The molecule has 3 aromatic carbocycles. The molecule has 0 fully saturated rings. The Morgan fingerprint density at radius 3 is 1.00 bits per heavy atom. The molecule has 0 atom stereocenters. The van der Waals surface area contributed by atoms with Crippen molar-refractivity contribution in [2.24, 2.45) is 0 Å². The van der Waals surface area contributed by atoms with Gasteiger partial charge in [0.1, 0.15) is 17.2 Å². The van der Waals surface area contributed by atoms with Crippen molar-refractivity contribution >= 4 is 0 Å². The van der Waals surface area contributed by atoms with Crippen molar-refractivity contribution in [2.45, 2.75) is 6.42 Å². The molecule has 0 saturated heterocycles. The number of rotatable bonds is 0. The normalized spacial score (nSPS) is 9.93. The zero-order chi connectivity index (χ0) is 18.9. The van der Waals surface area contributed by atoms with E-state index in [4.69, 9.17) is 15.3 Å². The van der Waals surface area contributed by atoms with E-state index in [0.717, 1.165) is 6.42 Å². The molecule has 0 aliphatic heterocycles. The molecule has 0 spiro atoms. The molecule has 0 radical (unpaired) electrons. The first-order valence-electron chi connectivity index (χ1n) is 8.12. The van der Waals surface area contributed by atoms with Crippen molar-refractivity contribution in [2.75, 3.05) is 0 Å². The van der Waals surface area contributed by atoms with Crippen LogP contribution in [0.4, 0.5) is 0 Å². The van der Waals surface area contributed by atoms with Crippen LogP contribution >= 0.6 is 0 Å². The largest absolute Gasteiger partial charge is 0.508 e. The van der Waals surface area contributed by atoms with Gasteiger partial charge < -0.3 is 15.3 Å². The van der Waals surface area contributed by atoms with Crippen LogP contribution in [0.2, 0.25) is 0 Å². The molecule has 0 heterocycles. The quantitative estimate of drug-likeness (QED) is 0.407. The average Bonchev–Trinajstić information content (AvgIpc) is 3.25. The monoisotopic (exact) mass is 437 g/mol. The molecule has 1 aliphatic carbocycles. The summed E-state index contributed by atoms with van der Waals surface area (Å²) < 4.78 is 0. The number of hydrogen-bond donors (Lipinski definition) is 3. The fourth-order valence-corrected chi connectivity index (χ4v) is 1.62. The summed E-state index contributed by atoms with van der Waals surface area (Å²) in [5.74, 6) is 0.965. The molecule has 0 saturated carbocycles. The van der Waals surface area contributed by atoms with Crippen molar-refractivity contribution in [1.82, 2.24) is 0 Å². The summed E-state index contributed by atoms with van der Waals surface area (Å²) in [6.07, 6.45) is 10.0. The van der Waals surface area contributed by atoms with E-state index < -0.39 is 0 Å². The van der Waals surface area contributed by atoms with E-state index >= 15 is 0 Å². The van der Waals surface area contributed by atoms with E-state index in [1.165, 1.54) is 0 Å². The molecule has 0 unspecified atom stereocenters. The fourth-order valence-electron chi connectivity index (χ4n) is 1.62. The van der Waals surface area contributed by atoms with Crippen LogP contribution < -0.4 is 0 Å². The number of benzene rings is 3. The Bertz CT molecular complexity index is 643. The Labute approximate surface area is 180 Å². The van der Waals surface area contributed by atoms with Gasteiger partial charge in [0.05, 0.1) is 0 Å². The predicted molar refractivity (Wildman–Crippen MR) is 106 cm³/mol. The first kappa shape index (κ1) is 24.4. The van der Waals surface area contributed by atoms with E-state index in [1.807, 2.05) is 30.4 Å². The number of allylic oxidation sites excluding steroid dienone is 4. The number of hydrogen-bond acceptors (Lipinski definition) is 3. The van der Waals surface area contributed by atoms with Crippen LogP contribution in [0, 0.1) is 6.08 Å². The number of aromatic hydroxyl groups is 3. The topological polar surface area (TPSA) is 60.7 Å². The van der Waals surface area contributed by atoms with E-state index in [1.54, 1.807) is 72.8 Å². The van der Waals surface area contributed by atoms with Gasteiger partial charge in [-0.05, 0) is 36.4 Å². The summed E-state index contributed by atoms with van der Waals surface area (Å²) >= 11 is 0. The summed E-state index contributed by atoms with van der Waals surface area (Å²) in [7, 11) is 0. The molecular weight excluding hydrogens is 415 g/mol. The van der Waals surface area contributed by atoms with Gasteiger partial charge in [-0.25, -0.2) is 12.2 Å².